The molecule has 2 aromatic rings. The standard InChI is InChI=1S/C15H14N2O4/c1-9(2)7-16-15(18)11-6-13(21-17-11)10-3-4-12-14(5-10)20-8-19-12/h3-6H,1,7-8H2,2H3,(H,16,18). The molecule has 1 amide bonds. The second-order valence-corrected chi connectivity index (χ2v) is 4.78. The molecule has 0 saturated carbocycles. The first-order chi connectivity index (χ1) is 10.1. The zero-order chi connectivity index (χ0) is 14.8. The summed E-state index contributed by atoms with van der Waals surface area (Å²) in [5.41, 5.74) is 1.86. The van der Waals surface area contributed by atoms with E-state index in [2.05, 4.69) is 17.1 Å². The summed E-state index contributed by atoms with van der Waals surface area (Å²) in [7, 11) is 0. The molecule has 108 valence electrons. The van der Waals surface area contributed by atoms with Gasteiger partial charge >= 0.3 is 0 Å². The molecule has 2 heterocycles. The fourth-order valence-electron chi connectivity index (χ4n) is 1.89. The third-order valence-electron chi connectivity index (χ3n) is 2.95. The lowest BCUT2D eigenvalue weighted by molar-refractivity contribution is 0.0948. The molecule has 21 heavy (non-hydrogen) atoms. The van der Waals surface area contributed by atoms with Crippen LogP contribution < -0.4 is 14.8 Å². The largest absolute Gasteiger partial charge is 0.454 e. The second kappa shape index (κ2) is 5.32. The number of aromatic nitrogens is 1. The molecule has 0 fully saturated rings. The zero-order valence-electron chi connectivity index (χ0n) is 11.5. The van der Waals surface area contributed by atoms with Crippen molar-refractivity contribution in [2.24, 2.45) is 0 Å². The molecule has 0 bridgehead atoms. The molecule has 1 aromatic carbocycles. The monoisotopic (exact) mass is 286 g/mol. The summed E-state index contributed by atoms with van der Waals surface area (Å²) in [6.07, 6.45) is 0. The number of hydrogen-bond donors (Lipinski definition) is 1. The van der Waals surface area contributed by atoms with Crippen LogP contribution in [0.4, 0.5) is 0 Å². The lowest BCUT2D eigenvalue weighted by Gasteiger charge is -2.00. The van der Waals surface area contributed by atoms with Gasteiger partial charge in [-0.3, -0.25) is 4.79 Å². The normalized spacial score (nSPS) is 12.2. The van der Waals surface area contributed by atoms with Crippen molar-refractivity contribution < 1.29 is 18.8 Å². The average Bonchev–Trinajstić information content (AvgIpc) is 3.12. The Labute approximate surface area is 121 Å². The van der Waals surface area contributed by atoms with Gasteiger partial charge in [0, 0.05) is 18.2 Å². The SMILES string of the molecule is C=C(C)CNC(=O)c1cc(-c2ccc3c(c2)OCO3)on1. The van der Waals surface area contributed by atoms with E-state index in [1.165, 1.54) is 0 Å². The topological polar surface area (TPSA) is 73.6 Å². The smallest absolute Gasteiger partial charge is 0.273 e. The number of amides is 1. The highest BCUT2D eigenvalue weighted by Crippen LogP contribution is 2.35. The fraction of sp³-hybridized carbons (Fsp3) is 0.200. The maximum absolute atomic E-state index is 11.9. The fourth-order valence-corrected chi connectivity index (χ4v) is 1.89. The van der Waals surface area contributed by atoms with E-state index in [1.54, 1.807) is 18.2 Å². The predicted octanol–water partition coefficient (Wildman–Crippen LogP) is 2.38. The summed E-state index contributed by atoms with van der Waals surface area (Å²) in [6.45, 7) is 6.18. The molecule has 0 spiro atoms. The molecule has 1 aliphatic rings. The Hall–Kier alpha value is -2.76. The predicted molar refractivity (Wildman–Crippen MR) is 75.2 cm³/mol. The van der Waals surface area contributed by atoms with Crippen LogP contribution in [-0.2, 0) is 0 Å². The molecule has 1 aliphatic heterocycles. The third-order valence-corrected chi connectivity index (χ3v) is 2.95. The molecule has 0 radical (unpaired) electrons. The van der Waals surface area contributed by atoms with E-state index >= 15 is 0 Å². The molecule has 1 aromatic heterocycles. The molecule has 0 aliphatic carbocycles. The lowest BCUT2D eigenvalue weighted by atomic mass is 10.1. The molecule has 0 atom stereocenters. The van der Waals surface area contributed by atoms with Gasteiger partial charge in [-0.15, -0.1) is 0 Å². The summed E-state index contributed by atoms with van der Waals surface area (Å²) in [6, 6.07) is 6.99. The first kappa shape index (κ1) is 13.2. The first-order valence-electron chi connectivity index (χ1n) is 6.43. The average molecular weight is 286 g/mol. The number of benzene rings is 1. The molecule has 6 nitrogen and oxygen atoms in total. The Kier molecular flexibility index (Phi) is 3.35. The van der Waals surface area contributed by atoms with E-state index < -0.39 is 0 Å². The highest BCUT2D eigenvalue weighted by molar-refractivity contribution is 5.93. The summed E-state index contributed by atoms with van der Waals surface area (Å²) in [5.74, 6) is 1.54. The van der Waals surface area contributed by atoms with Gasteiger partial charge in [-0.25, -0.2) is 0 Å². The van der Waals surface area contributed by atoms with Crippen LogP contribution in [0.3, 0.4) is 0 Å². The molecule has 0 unspecified atom stereocenters. The van der Waals surface area contributed by atoms with Crippen molar-refractivity contribution in [3.63, 3.8) is 0 Å². The quantitative estimate of drug-likeness (QED) is 0.873. The molecular weight excluding hydrogens is 272 g/mol. The Morgan fingerprint density at radius 3 is 2.95 bits per heavy atom. The zero-order valence-corrected chi connectivity index (χ0v) is 11.5. The van der Waals surface area contributed by atoms with Gasteiger partial charge in [-0.2, -0.15) is 0 Å². The highest BCUT2D eigenvalue weighted by Gasteiger charge is 2.17. The van der Waals surface area contributed by atoms with Gasteiger partial charge in [0.15, 0.2) is 23.0 Å². The Morgan fingerprint density at radius 2 is 2.14 bits per heavy atom. The van der Waals surface area contributed by atoms with E-state index in [0.717, 1.165) is 11.1 Å². The van der Waals surface area contributed by atoms with Crippen LogP contribution in [-0.4, -0.2) is 24.4 Å². The van der Waals surface area contributed by atoms with Gasteiger partial charge in [-0.1, -0.05) is 17.3 Å². The number of hydrogen-bond acceptors (Lipinski definition) is 5. The molecule has 0 saturated heterocycles. The van der Waals surface area contributed by atoms with Crippen molar-refractivity contribution in [3.05, 3.63) is 42.1 Å². The summed E-state index contributed by atoms with van der Waals surface area (Å²) in [5, 5.41) is 6.47. The van der Waals surface area contributed by atoms with Crippen LogP contribution in [0, 0.1) is 0 Å². The van der Waals surface area contributed by atoms with E-state index in [4.69, 9.17) is 14.0 Å². The van der Waals surface area contributed by atoms with Gasteiger partial charge in [0.1, 0.15) is 0 Å². The van der Waals surface area contributed by atoms with Crippen molar-refractivity contribution in [2.75, 3.05) is 13.3 Å². The van der Waals surface area contributed by atoms with E-state index in [-0.39, 0.29) is 18.4 Å². The molecular formula is C15H14N2O4. The Morgan fingerprint density at radius 1 is 1.33 bits per heavy atom. The summed E-state index contributed by atoms with van der Waals surface area (Å²) in [4.78, 5) is 11.9. The number of nitrogens with one attached hydrogen (secondary N) is 1. The van der Waals surface area contributed by atoms with Gasteiger partial charge in [0.2, 0.25) is 6.79 Å². The van der Waals surface area contributed by atoms with E-state index in [0.29, 0.717) is 23.8 Å². The van der Waals surface area contributed by atoms with E-state index in [1.807, 2.05) is 13.0 Å². The van der Waals surface area contributed by atoms with Gasteiger partial charge in [0.25, 0.3) is 5.91 Å². The van der Waals surface area contributed by atoms with Crippen molar-refractivity contribution in [3.8, 4) is 22.8 Å². The van der Waals surface area contributed by atoms with E-state index in [9.17, 15) is 4.79 Å². The van der Waals surface area contributed by atoms with Crippen LogP contribution in [0.5, 0.6) is 11.5 Å². The number of ether oxygens (including phenoxy) is 2. The minimum absolute atomic E-state index is 0.212. The lowest BCUT2D eigenvalue weighted by Crippen LogP contribution is -2.25. The molecule has 1 N–H and O–H groups in total. The summed E-state index contributed by atoms with van der Waals surface area (Å²) >= 11 is 0. The number of carbonyl (C=O) groups excluding carboxylic acids is 1. The van der Waals surface area contributed by atoms with Gasteiger partial charge in [0.05, 0.1) is 0 Å². The summed E-state index contributed by atoms with van der Waals surface area (Å²) < 4.78 is 15.8. The molecule has 6 heteroatoms. The van der Waals surface area contributed by atoms with Gasteiger partial charge < -0.3 is 19.3 Å². The number of rotatable bonds is 4. The van der Waals surface area contributed by atoms with Crippen molar-refractivity contribution in [1.29, 1.82) is 0 Å². The van der Waals surface area contributed by atoms with Crippen LogP contribution in [0.25, 0.3) is 11.3 Å². The van der Waals surface area contributed by atoms with Crippen molar-refractivity contribution >= 4 is 5.91 Å². The van der Waals surface area contributed by atoms with Crippen LogP contribution in [0.2, 0.25) is 0 Å². The number of fused-ring (bicyclic) bond motifs is 1. The maximum Gasteiger partial charge on any atom is 0.273 e. The highest BCUT2D eigenvalue weighted by atomic mass is 16.7. The first-order valence-corrected chi connectivity index (χ1v) is 6.43. The van der Waals surface area contributed by atoms with Crippen LogP contribution in [0.1, 0.15) is 17.4 Å². The Bertz CT molecular complexity index is 705. The van der Waals surface area contributed by atoms with Gasteiger partial charge in [-0.05, 0) is 25.1 Å². The Balaban J connectivity index is 1.78. The van der Waals surface area contributed by atoms with Crippen LogP contribution in [0.15, 0.2) is 40.9 Å². The molecule has 3 rings (SSSR count). The minimum Gasteiger partial charge on any atom is -0.454 e. The maximum atomic E-state index is 11.9. The van der Waals surface area contributed by atoms with Crippen molar-refractivity contribution in [1.82, 2.24) is 10.5 Å². The number of carbonyl (C=O) groups is 1. The third kappa shape index (κ3) is 2.74. The second-order valence-electron chi connectivity index (χ2n) is 4.78. The van der Waals surface area contributed by atoms with Crippen LogP contribution >= 0.6 is 0 Å². The number of nitrogens with zero attached hydrogens (tertiary/aromatic N) is 1. The van der Waals surface area contributed by atoms with Crippen molar-refractivity contribution in [2.45, 2.75) is 6.92 Å². The minimum atomic E-state index is -0.297.